The van der Waals surface area contributed by atoms with Gasteiger partial charge in [-0.15, -0.1) is 0 Å². The van der Waals surface area contributed by atoms with Crippen LogP contribution in [0.3, 0.4) is 0 Å². The Morgan fingerprint density at radius 1 is 1.15 bits per heavy atom. The quantitative estimate of drug-likeness (QED) is 0.581. The van der Waals surface area contributed by atoms with Gasteiger partial charge in [-0.2, -0.15) is 4.98 Å². The van der Waals surface area contributed by atoms with Crippen molar-refractivity contribution in [1.82, 2.24) is 20.0 Å². The number of nitrogens with zero attached hydrogens (tertiary/aromatic N) is 4. The molecular formula is C26H32N4O4. The Morgan fingerprint density at radius 2 is 1.82 bits per heavy atom. The smallest absolute Gasteiger partial charge is 0.410 e. The van der Waals surface area contributed by atoms with Gasteiger partial charge in [0, 0.05) is 42.0 Å². The topological polar surface area (TPSA) is 102 Å². The van der Waals surface area contributed by atoms with Crippen LogP contribution in [0.25, 0.3) is 11.4 Å². The highest BCUT2D eigenvalue weighted by Gasteiger charge is 2.58. The summed E-state index contributed by atoms with van der Waals surface area (Å²) in [6.07, 6.45) is 4.15. The Labute approximate surface area is 200 Å². The molecule has 1 fully saturated rings. The van der Waals surface area contributed by atoms with Crippen LogP contribution >= 0.6 is 0 Å². The van der Waals surface area contributed by atoms with Crippen molar-refractivity contribution in [2.24, 2.45) is 5.41 Å². The number of hydrogen-bond donors (Lipinski definition) is 1. The number of pyridine rings is 1. The summed E-state index contributed by atoms with van der Waals surface area (Å²) in [5, 5.41) is 16.3. The maximum atomic E-state index is 12.6. The van der Waals surface area contributed by atoms with Crippen molar-refractivity contribution in [1.29, 1.82) is 0 Å². The third-order valence-electron chi connectivity index (χ3n) is 6.38. The molecule has 1 saturated heterocycles. The molecule has 0 saturated carbocycles. The molecule has 1 aliphatic heterocycles. The fourth-order valence-electron chi connectivity index (χ4n) is 4.51. The average molecular weight is 465 g/mol. The van der Waals surface area contributed by atoms with Gasteiger partial charge in [-0.25, -0.2) is 4.79 Å². The minimum absolute atomic E-state index is 0.330. The van der Waals surface area contributed by atoms with Crippen molar-refractivity contribution in [3.63, 3.8) is 0 Å². The molecule has 0 aliphatic carbocycles. The molecule has 180 valence electrons. The van der Waals surface area contributed by atoms with Crippen LogP contribution in [0.1, 0.15) is 64.2 Å². The number of rotatable bonds is 5. The number of ether oxygens (including phenoxy) is 1. The third kappa shape index (κ3) is 4.30. The molecule has 1 aromatic carbocycles. The summed E-state index contributed by atoms with van der Waals surface area (Å²) in [6.45, 7) is 12.4. The Bertz CT molecular complexity index is 1150. The van der Waals surface area contributed by atoms with Crippen molar-refractivity contribution < 1.29 is 19.2 Å². The van der Waals surface area contributed by atoms with Gasteiger partial charge in [0.25, 0.3) is 0 Å². The van der Waals surface area contributed by atoms with E-state index >= 15 is 0 Å². The van der Waals surface area contributed by atoms with Gasteiger partial charge < -0.3 is 19.3 Å². The first-order valence-corrected chi connectivity index (χ1v) is 11.5. The predicted octanol–water partition coefficient (Wildman–Crippen LogP) is 4.75. The number of carbonyl (C=O) groups is 1. The van der Waals surface area contributed by atoms with Crippen LogP contribution in [0.5, 0.6) is 0 Å². The molecule has 3 heterocycles. The van der Waals surface area contributed by atoms with Gasteiger partial charge in [-0.05, 0) is 43.9 Å². The lowest BCUT2D eigenvalue weighted by molar-refractivity contribution is -0.131. The second-order valence-electron chi connectivity index (χ2n) is 10.6. The first-order chi connectivity index (χ1) is 15.9. The van der Waals surface area contributed by atoms with Crippen LogP contribution in [-0.2, 0) is 10.3 Å². The van der Waals surface area contributed by atoms with E-state index in [-0.39, 0.29) is 6.09 Å². The van der Waals surface area contributed by atoms with Gasteiger partial charge in [0.05, 0.1) is 0 Å². The van der Waals surface area contributed by atoms with Crippen molar-refractivity contribution in [3.05, 3.63) is 65.8 Å². The highest BCUT2D eigenvalue weighted by atomic mass is 16.6. The minimum atomic E-state index is -1.42. The number of likely N-dealkylation sites (tertiary alicyclic amines) is 1. The fourth-order valence-corrected chi connectivity index (χ4v) is 4.51. The number of benzene rings is 1. The van der Waals surface area contributed by atoms with Gasteiger partial charge in [-0.1, -0.05) is 50.2 Å². The lowest BCUT2D eigenvalue weighted by atomic mass is 9.62. The number of carbonyl (C=O) groups excluding carboxylic acids is 1. The van der Waals surface area contributed by atoms with E-state index in [1.54, 1.807) is 17.3 Å². The zero-order chi connectivity index (χ0) is 24.7. The van der Waals surface area contributed by atoms with E-state index in [2.05, 4.69) is 29.0 Å². The van der Waals surface area contributed by atoms with E-state index in [9.17, 15) is 9.90 Å². The summed E-state index contributed by atoms with van der Waals surface area (Å²) in [4.78, 5) is 22.7. The highest BCUT2D eigenvalue weighted by Crippen LogP contribution is 2.51. The number of hydrogen-bond acceptors (Lipinski definition) is 7. The maximum Gasteiger partial charge on any atom is 0.410 e. The summed E-state index contributed by atoms with van der Waals surface area (Å²) >= 11 is 0. The summed E-state index contributed by atoms with van der Waals surface area (Å²) in [5.41, 5.74) is 0.451. The van der Waals surface area contributed by atoms with E-state index in [4.69, 9.17) is 9.26 Å². The molecule has 8 heteroatoms. The van der Waals surface area contributed by atoms with Crippen LogP contribution in [-0.4, -0.2) is 49.9 Å². The molecule has 1 N–H and O–H groups in total. The van der Waals surface area contributed by atoms with E-state index in [0.717, 1.165) is 5.56 Å². The molecule has 0 bridgehead atoms. The molecule has 1 unspecified atom stereocenters. The van der Waals surface area contributed by atoms with Crippen LogP contribution in [0, 0.1) is 5.41 Å². The monoisotopic (exact) mass is 464 g/mol. The normalized spacial score (nSPS) is 17.2. The fraction of sp³-hybridized carbons (Fsp3) is 0.462. The van der Waals surface area contributed by atoms with Crippen LogP contribution < -0.4 is 0 Å². The number of amides is 1. The van der Waals surface area contributed by atoms with Crippen molar-refractivity contribution in [3.8, 4) is 11.4 Å². The summed E-state index contributed by atoms with van der Waals surface area (Å²) in [7, 11) is 0. The molecule has 8 nitrogen and oxygen atoms in total. The Hall–Kier alpha value is -3.26. The lowest BCUT2D eigenvalue weighted by Crippen LogP contribution is -2.66. The SMILES string of the molecule is CC(C)c1ccc(C(O)(c2cncc(-c3ncon3)c2)C2(C)CN(C(=O)OC(C)(C)C)C2)cc1. The lowest BCUT2D eigenvalue weighted by Gasteiger charge is -2.56. The predicted molar refractivity (Wildman–Crippen MR) is 127 cm³/mol. The molecule has 2 aromatic heterocycles. The molecule has 1 atom stereocenters. The van der Waals surface area contributed by atoms with E-state index in [1.165, 1.54) is 12.0 Å². The molecule has 3 aromatic rings. The highest BCUT2D eigenvalue weighted by molar-refractivity contribution is 5.70. The minimum Gasteiger partial charge on any atom is -0.444 e. The molecule has 0 spiro atoms. The Morgan fingerprint density at radius 3 is 2.38 bits per heavy atom. The van der Waals surface area contributed by atoms with Crippen molar-refractivity contribution in [2.45, 2.75) is 58.7 Å². The maximum absolute atomic E-state index is 12.6. The summed E-state index contributed by atoms with van der Waals surface area (Å²) in [6, 6.07) is 9.81. The molecule has 1 amide bonds. The van der Waals surface area contributed by atoms with Crippen LogP contribution in [0.2, 0.25) is 0 Å². The van der Waals surface area contributed by atoms with Crippen molar-refractivity contribution >= 4 is 6.09 Å². The molecule has 34 heavy (non-hydrogen) atoms. The van der Waals surface area contributed by atoms with Gasteiger partial charge in [0.15, 0.2) is 0 Å². The molecule has 4 rings (SSSR count). The van der Waals surface area contributed by atoms with Crippen molar-refractivity contribution in [2.75, 3.05) is 13.1 Å². The zero-order valence-corrected chi connectivity index (χ0v) is 20.6. The first-order valence-electron chi connectivity index (χ1n) is 11.5. The van der Waals surface area contributed by atoms with E-state index in [1.807, 2.05) is 58.0 Å². The van der Waals surface area contributed by atoms with E-state index < -0.39 is 16.6 Å². The second-order valence-corrected chi connectivity index (χ2v) is 10.6. The van der Waals surface area contributed by atoms with E-state index in [0.29, 0.717) is 36.0 Å². The molecular weight excluding hydrogens is 432 g/mol. The van der Waals surface area contributed by atoms with Gasteiger partial charge in [-0.3, -0.25) is 4.98 Å². The van der Waals surface area contributed by atoms with Gasteiger partial charge in [0.1, 0.15) is 11.2 Å². The third-order valence-corrected chi connectivity index (χ3v) is 6.38. The van der Waals surface area contributed by atoms with Crippen LogP contribution in [0.4, 0.5) is 4.79 Å². The number of aliphatic hydroxyl groups is 1. The Balaban J connectivity index is 1.74. The second kappa shape index (κ2) is 8.51. The Kier molecular flexibility index (Phi) is 5.97. The van der Waals surface area contributed by atoms with Crippen LogP contribution in [0.15, 0.2) is 53.6 Å². The summed E-state index contributed by atoms with van der Waals surface area (Å²) < 4.78 is 10.4. The first kappa shape index (κ1) is 23.9. The molecule has 0 radical (unpaired) electrons. The average Bonchev–Trinajstić information content (AvgIpc) is 3.30. The summed E-state index contributed by atoms with van der Waals surface area (Å²) in [5.74, 6) is 0.758. The molecule has 1 aliphatic rings. The largest absolute Gasteiger partial charge is 0.444 e. The van der Waals surface area contributed by atoms with Gasteiger partial charge in [0.2, 0.25) is 12.2 Å². The zero-order valence-electron chi connectivity index (χ0n) is 20.6. The number of aromatic nitrogens is 3. The standard InChI is InChI=1S/C26H32N4O4/c1-17(2)18-7-9-20(10-8-18)26(32,21-11-19(12-27-13-21)22-28-16-33-29-22)25(6)14-30(15-25)23(31)34-24(3,4)5/h7-13,16-17,32H,14-15H2,1-6H3. The van der Waals surface area contributed by atoms with Gasteiger partial charge >= 0.3 is 6.09 Å².